The van der Waals surface area contributed by atoms with Crippen LogP contribution in [0.5, 0.6) is 0 Å². The van der Waals surface area contributed by atoms with E-state index in [0.29, 0.717) is 44.1 Å². The van der Waals surface area contributed by atoms with Crippen LogP contribution in [-0.2, 0) is 29.0 Å². The number of hydrogen-bond donors (Lipinski definition) is 3. The van der Waals surface area contributed by atoms with E-state index in [9.17, 15) is 9.59 Å². The van der Waals surface area contributed by atoms with Crippen molar-refractivity contribution < 1.29 is 14.1 Å². The molecular weight excluding hydrogens is 526 g/mol. The molecule has 1 heterocycles. The van der Waals surface area contributed by atoms with Gasteiger partial charge in [-0.3, -0.25) is 9.59 Å². The van der Waals surface area contributed by atoms with Crippen LogP contribution in [0.2, 0.25) is 0 Å². The Morgan fingerprint density at radius 3 is 2.00 bits per heavy atom. The molecule has 0 saturated heterocycles. The second kappa shape index (κ2) is 15.5. The maximum absolute atomic E-state index is 13.6. The topological polar surface area (TPSA) is 123 Å². The van der Waals surface area contributed by atoms with Crippen LogP contribution in [0.4, 0.5) is 0 Å². The number of carbonyl (C=O) groups excluding carboxylic acids is 2. The lowest BCUT2D eigenvalue weighted by molar-refractivity contribution is -0.129. The minimum Gasteiger partial charge on any atom is -0.350 e. The van der Waals surface area contributed by atoms with Crippen molar-refractivity contribution >= 4 is 24.2 Å². The van der Waals surface area contributed by atoms with Crippen LogP contribution < -0.4 is 16.4 Å². The van der Waals surface area contributed by atoms with Crippen LogP contribution in [0.25, 0.3) is 0 Å². The quantitative estimate of drug-likeness (QED) is 0.224. The van der Waals surface area contributed by atoms with Crippen molar-refractivity contribution in [2.75, 3.05) is 6.54 Å². The van der Waals surface area contributed by atoms with Gasteiger partial charge in [0.1, 0.15) is 6.04 Å². The smallest absolute Gasteiger partial charge is 0.242 e. The molecule has 0 aliphatic carbocycles. The number of halogens is 1. The number of nitrogens with two attached hydrogens (primary N) is 1. The highest BCUT2D eigenvalue weighted by Gasteiger charge is 2.27. The van der Waals surface area contributed by atoms with Crippen LogP contribution in [0.3, 0.4) is 0 Å². The summed E-state index contributed by atoms with van der Waals surface area (Å²) in [5, 5.41) is 9.80. The van der Waals surface area contributed by atoms with Crippen molar-refractivity contribution in [1.82, 2.24) is 20.8 Å². The van der Waals surface area contributed by atoms with E-state index in [2.05, 4.69) is 20.8 Å². The summed E-state index contributed by atoms with van der Waals surface area (Å²) in [6, 6.07) is 26.6. The third kappa shape index (κ3) is 8.76. The molecule has 0 radical (unpaired) electrons. The Bertz CT molecular complexity index is 1290. The van der Waals surface area contributed by atoms with Crippen LogP contribution in [0.1, 0.15) is 52.7 Å². The maximum atomic E-state index is 13.6. The molecule has 1 aromatic heterocycles. The van der Waals surface area contributed by atoms with E-state index in [1.807, 2.05) is 84.9 Å². The molecular formula is C31H36ClN5O3. The second-order valence-electron chi connectivity index (χ2n) is 9.52. The molecule has 3 aromatic carbocycles. The Hall–Kier alpha value is -4.01. The third-order valence-corrected chi connectivity index (χ3v) is 6.54. The van der Waals surface area contributed by atoms with E-state index in [-0.39, 0.29) is 24.2 Å². The summed E-state index contributed by atoms with van der Waals surface area (Å²) in [5.41, 5.74) is 9.58. The Balaban J connectivity index is 0.00000441. The van der Waals surface area contributed by atoms with E-state index in [0.717, 1.165) is 28.7 Å². The van der Waals surface area contributed by atoms with Gasteiger partial charge in [0, 0.05) is 13.0 Å². The number of nitrogens with zero attached hydrogens (tertiary/aromatic N) is 2. The molecule has 0 aliphatic rings. The van der Waals surface area contributed by atoms with E-state index in [1.165, 1.54) is 0 Å². The summed E-state index contributed by atoms with van der Waals surface area (Å²) < 4.78 is 5.17. The molecule has 9 heteroatoms. The molecule has 0 unspecified atom stereocenters. The van der Waals surface area contributed by atoms with Gasteiger partial charge in [-0.15, -0.1) is 12.4 Å². The van der Waals surface area contributed by atoms with Crippen LogP contribution >= 0.6 is 12.4 Å². The van der Waals surface area contributed by atoms with E-state index in [1.54, 1.807) is 6.92 Å². The second-order valence-corrected chi connectivity index (χ2v) is 9.52. The highest BCUT2D eigenvalue weighted by Crippen LogP contribution is 2.25. The van der Waals surface area contributed by atoms with Gasteiger partial charge in [-0.1, -0.05) is 90.1 Å². The van der Waals surface area contributed by atoms with Crippen molar-refractivity contribution in [3.63, 3.8) is 0 Å². The molecule has 0 fully saturated rings. The van der Waals surface area contributed by atoms with Gasteiger partial charge in [0.25, 0.3) is 0 Å². The lowest BCUT2D eigenvalue weighted by Crippen LogP contribution is -2.48. The average Bonchev–Trinajstić information content (AvgIpc) is 3.39. The first-order chi connectivity index (χ1) is 19.0. The van der Waals surface area contributed by atoms with Crippen LogP contribution in [-0.4, -0.2) is 34.5 Å². The number of carbonyl (C=O) groups is 2. The Morgan fingerprint density at radius 2 is 1.45 bits per heavy atom. The summed E-state index contributed by atoms with van der Waals surface area (Å²) in [6.07, 6.45) is 2.53. The van der Waals surface area contributed by atoms with Gasteiger partial charge in [-0.2, -0.15) is 4.98 Å². The van der Waals surface area contributed by atoms with Crippen molar-refractivity contribution in [2.24, 2.45) is 5.73 Å². The molecule has 0 saturated carbocycles. The SMILES string of the molecule is Cc1noc(CCc2ccc(CNC(=O)[C@H](CCCN)NC(=O)C(c3ccccc3)c3ccccc3)cc2)n1.Cl. The van der Waals surface area contributed by atoms with Crippen molar-refractivity contribution in [2.45, 2.75) is 51.1 Å². The van der Waals surface area contributed by atoms with Gasteiger partial charge >= 0.3 is 0 Å². The molecule has 8 nitrogen and oxygen atoms in total. The summed E-state index contributed by atoms with van der Waals surface area (Å²) in [4.78, 5) is 31.0. The number of benzene rings is 3. The third-order valence-electron chi connectivity index (χ3n) is 6.54. The summed E-state index contributed by atoms with van der Waals surface area (Å²) in [6.45, 7) is 2.59. The maximum Gasteiger partial charge on any atom is 0.242 e. The molecule has 1 atom stereocenters. The van der Waals surface area contributed by atoms with Crippen LogP contribution in [0, 0.1) is 6.92 Å². The predicted molar refractivity (Wildman–Crippen MR) is 157 cm³/mol. The zero-order valence-electron chi connectivity index (χ0n) is 22.6. The largest absolute Gasteiger partial charge is 0.350 e. The predicted octanol–water partition coefficient (Wildman–Crippen LogP) is 4.26. The van der Waals surface area contributed by atoms with Crippen molar-refractivity contribution in [3.8, 4) is 0 Å². The van der Waals surface area contributed by atoms with Crippen molar-refractivity contribution in [3.05, 3.63) is 119 Å². The molecule has 2 amide bonds. The van der Waals surface area contributed by atoms with Gasteiger partial charge in [0.15, 0.2) is 5.82 Å². The van der Waals surface area contributed by atoms with Crippen LogP contribution in [0.15, 0.2) is 89.5 Å². The summed E-state index contributed by atoms with van der Waals surface area (Å²) >= 11 is 0. The average molecular weight is 562 g/mol. The van der Waals surface area contributed by atoms with Gasteiger partial charge in [0.05, 0.1) is 5.92 Å². The first-order valence-corrected chi connectivity index (χ1v) is 13.3. The number of amides is 2. The van der Waals surface area contributed by atoms with Gasteiger partial charge in [-0.05, 0) is 55.0 Å². The molecule has 40 heavy (non-hydrogen) atoms. The Labute approximate surface area is 241 Å². The zero-order valence-corrected chi connectivity index (χ0v) is 23.4. The summed E-state index contributed by atoms with van der Waals surface area (Å²) in [7, 11) is 0. The fourth-order valence-electron chi connectivity index (χ4n) is 4.46. The normalized spacial score (nSPS) is 11.5. The van der Waals surface area contributed by atoms with Crippen molar-refractivity contribution in [1.29, 1.82) is 0 Å². The van der Waals surface area contributed by atoms with Gasteiger partial charge in [-0.25, -0.2) is 0 Å². The monoisotopic (exact) mass is 561 g/mol. The number of aromatic nitrogens is 2. The van der Waals surface area contributed by atoms with E-state index in [4.69, 9.17) is 10.3 Å². The molecule has 0 aliphatic heterocycles. The number of aryl methyl sites for hydroxylation is 3. The standard InChI is InChI=1S/C31H35N5O3.ClH/c1-22-34-28(39-36-22)19-18-23-14-16-24(17-15-23)21-33-30(37)27(13-8-20-32)35-31(38)29(25-9-4-2-5-10-25)26-11-6-3-7-12-26;/h2-7,9-12,14-17,27,29H,8,13,18-21,32H2,1H3,(H,33,37)(H,35,38);1H/t27-;/m0./s1. The fourth-order valence-corrected chi connectivity index (χ4v) is 4.46. The molecule has 4 aromatic rings. The summed E-state index contributed by atoms with van der Waals surface area (Å²) in [5.74, 6) is 0.283. The van der Waals surface area contributed by atoms with E-state index < -0.39 is 12.0 Å². The lowest BCUT2D eigenvalue weighted by atomic mass is 9.90. The highest BCUT2D eigenvalue weighted by molar-refractivity contribution is 5.92. The van der Waals surface area contributed by atoms with Gasteiger partial charge < -0.3 is 20.9 Å². The highest BCUT2D eigenvalue weighted by atomic mass is 35.5. The fraction of sp³-hybridized carbons (Fsp3) is 0.290. The van der Waals surface area contributed by atoms with Gasteiger partial charge in [0.2, 0.25) is 17.7 Å². The Morgan fingerprint density at radius 1 is 0.850 bits per heavy atom. The number of nitrogens with one attached hydrogen (secondary N) is 2. The first kappa shape index (κ1) is 30.5. The molecule has 4 N–H and O–H groups in total. The minimum absolute atomic E-state index is 0. The van der Waals surface area contributed by atoms with E-state index >= 15 is 0 Å². The Kier molecular flexibility index (Phi) is 11.9. The molecule has 4 rings (SSSR count). The molecule has 0 spiro atoms. The minimum atomic E-state index is -0.687. The lowest BCUT2D eigenvalue weighted by Gasteiger charge is -2.23. The number of rotatable bonds is 13. The zero-order chi connectivity index (χ0) is 27.5. The molecule has 210 valence electrons. The molecule has 0 bridgehead atoms. The number of hydrogen-bond acceptors (Lipinski definition) is 6. The first-order valence-electron chi connectivity index (χ1n) is 13.3.